The molecule has 8 nitrogen and oxygen atoms in total. The molecular formula is C14H17FN6O2. The average molecular weight is 320 g/mol. The zero-order valence-electron chi connectivity index (χ0n) is 12.7. The van der Waals surface area contributed by atoms with E-state index in [9.17, 15) is 14.0 Å². The second-order valence-electron chi connectivity index (χ2n) is 5.10. The van der Waals surface area contributed by atoms with Crippen LogP contribution in [0.2, 0.25) is 0 Å². The number of hydrogen-bond donors (Lipinski definition) is 1. The quantitative estimate of drug-likeness (QED) is 0.517. The van der Waals surface area contributed by atoms with Crippen molar-refractivity contribution in [1.82, 2.24) is 10.2 Å². The van der Waals surface area contributed by atoms with Gasteiger partial charge in [-0.25, -0.2) is 4.39 Å². The number of piperazine rings is 1. The van der Waals surface area contributed by atoms with Gasteiger partial charge in [0.05, 0.1) is 12.2 Å². The molecule has 0 bridgehead atoms. The minimum Gasteiger partial charge on any atom is -0.366 e. The molecule has 2 amide bonds. The molecule has 1 aromatic carbocycles. The maximum Gasteiger partial charge on any atom is 0.242 e. The average Bonchev–Trinajstić information content (AvgIpc) is 2.53. The van der Waals surface area contributed by atoms with Crippen molar-refractivity contribution in [1.29, 1.82) is 0 Å². The smallest absolute Gasteiger partial charge is 0.242 e. The summed E-state index contributed by atoms with van der Waals surface area (Å²) >= 11 is 0. The van der Waals surface area contributed by atoms with Crippen LogP contribution >= 0.6 is 0 Å². The Morgan fingerprint density at radius 3 is 2.61 bits per heavy atom. The molecule has 1 heterocycles. The van der Waals surface area contributed by atoms with Gasteiger partial charge in [-0.15, -0.1) is 0 Å². The molecule has 23 heavy (non-hydrogen) atoms. The van der Waals surface area contributed by atoms with Crippen molar-refractivity contribution in [2.45, 2.75) is 6.92 Å². The van der Waals surface area contributed by atoms with Crippen molar-refractivity contribution in [3.05, 3.63) is 34.5 Å². The highest BCUT2D eigenvalue weighted by Crippen LogP contribution is 2.25. The lowest BCUT2D eigenvalue weighted by Crippen LogP contribution is -2.51. The number of hydrogen-bond acceptors (Lipinski definition) is 4. The van der Waals surface area contributed by atoms with Crippen molar-refractivity contribution >= 4 is 23.2 Å². The molecule has 0 spiro atoms. The van der Waals surface area contributed by atoms with Gasteiger partial charge in [0.1, 0.15) is 5.82 Å². The van der Waals surface area contributed by atoms with E-state index in [2.05, 4.69) is 15.3 Å². The number of anilines is 1. The van der Waals surface area contributed by atoms with Crippen LogP contribution in [-0.4, -0.2) is 49.4 Å². The van der Waals surface area contributed by atoms with Gasteiger partial charge in [-0.05, 0) is 17.7 Å². The van der Waals surface area contributed by atoms with Crippen LogP contribution in [0.5, 0.6) is 0 Å². The molecule has 1 aliphatic rings. The number of nitrogens with one attached hydrogen (secondary N) is 1. The Morgan fingerprint density at radius 1 is 1.35 bits per heavy atom. The van der Waals surface area contributed by atoms with Crippen molar-refractivity contribution in [3.63, 3.8) is 0 Å². The lowest BCUT2D eigenvalue weighted by atomic mass is 10.2. The Bertz CT molecular complexity index is 651. The molecule has 1 aromatic rings. The lowest BCUT2D eigenvalue weighted by molar-refractivity contribution is -0.132. The summed E-state index contributed by atoms with van der Waals surface area (Å²) in [5, 5.41) is 5.83. The van der Waals surface area contributed by atoms with Crippen molar-refractivity contribution in [2.75, 3.05) is 37.6 Å². The van der Waals surface area contributed by atoms with Gasteiger partial charge in [0, 0.05) is 43.7 Å². The number of azide groups is 1. The van der Waals surface area contributed by atoms with Crippen LogP contribution in [-0.2, 0) is 9.59 Å². The summed E-state index contributed by atoms with van der Waals surface area (Å²) in [6, 6.07) is 4.30. The molecule has 0 aromatic heterocycles. The van der Waals surface area contributed by atoms with E-state index in [1.165, 1.54) is 13.0 Å². The van der Waals surface area contributed by atoms with E-state index in [1.54, 1.807) is 17.0 Å². The van der Waals surface area contributed by atoms with Gasteiger partial charge in [-0.2, -0.15) is 0 Å². The third kappa shape index (κ3) is 4.33. The minimum atomic E-state index is -0.465. The molecule has 1 N–H and O–H groups in total. The molecule has 0 unspecified atom stereocenters. The van der Waals surface area contributed by atoms with Crippen molar-refractivity contribution in [2.24, 2.45) is 5.11 Å². The van der Waals surface area contributed by atoms with Gasteiger partial charge in [0.2, 0.25) is 11.8 Å². The van der Waals surface area contributed by atoms with E-state index in [1.807, 2.05) is 4.90 Å². The number of nitrogens with zero attached hydrogens (tertiary/aromatic N) is 5. The summed E-state index contributed by atoms with van der Waals surface area (Å²) in [4.78, 5) is 28.8. The largest absolute Gasteiger partial charge is 0.366 e. The van der Waals surface area contributed by atoms with Crippen LogP contribution < -0.4 is 10.2 Å². The van der Waals surface area contributed by atoms with Crippen molar-refractivity contribution < 1.29 is 14.0 Å². The summed E-state index contributed by atoms with van der Waals surface area (Å²) in [7, 11) is 0. The molecule has 1 saturated heterocycles. The highest BCUT2D eigenvalue weighted by Gasteiger charge is 2.22. The molecule has 1 fully saturated rings. The second-order valence-corrected chi connectivity index (χ2v) is 5.10. The molecule has 0 radical (unpaired) electrons. The SMILES string of the molecule is CC(=O)NCC(=O)N1CCN(c2ccc(N=[N+]=[N-])cc2F)CC1. The van der Waals surface area contributed by atoms with Gasteiger partial charge in [0.15, 0.2) is 0 Å². The lowest BCUT2D eigenvalue weighted by Gasteiger charge is -2.36. The van der Waals surface area contributed by atoms with E-state index in [0.29, 0.717) is 31.9 Å². The minimum absolute atomic E-state index is 0.0233. The van der Waals surface area contributed by atoms with Crippen LogP contribution in [0.1, 0.15) is 6.92 Å². The van der Waals surface area contributed by atoms with Crippen LogP contribution in [0, 0.1) is 5.82 Å². The van der Waals surface area contributed by atoms with Crippen LogP contribution in [0.4, 0.5) is 15.8 Å². The number of amides is 2. The standard InChI is InChI=1S/C14H17FN6O2/c1-10(22)17-9-14(23)21-6-4-20(5-7-21)13-3-2-11(18-19-16)8-12(13)15/h2-3,8H,4-7,9H2,1H3,(H,17,22). The van der Waals surface area contributed by atoms with Gasteiger partial charge in [-0.3, -0.25) is 9.59 Å². The van der Waals surface area contributed by atoms with E-state index < -0.39 is 5.82 Å². The summed E-state index contributed by atoms with van der Waals surface area (Å²) < 4.78 is 14.1. The van der Waals surface area contributed by atoms with E-state index in [-0.39, 0.29) is 24.0 Å². The highest BCUT2D eigenvalue weighted by molar-refractivity contribution is 5.83. The zero-order chi connectivity index (χ0) is 16.8. The monoisotopic (exact) mass is 320 g/mol. The summed E-state index contributed by atoms with van der Waals surface area (Å²) in [5.74, 6) is -0.869. The first-order valence-corrected chi connectivity index (χ1v) is 7.13. The summed E-state index contributed by atoms with van der Waals surface area (Å²) in [6.45, 7) is 3.22. The van der Waals surface area contributed by atoms with Gasteiger partial charge >= 0.3 is 0 Å². The Kier molecular flexibility index (Phi) is 5.37. The Hall–Kier alpha value is -2.80. The summed E-state index contributed by atoms with van der Waals surface area (Å²) in [5.41, 5.74) is 8.98. The molecule has 9 heteroatoms. The molecule has 0 aliphatic carbocycles. The second kappa shape index (κ2) is 7.46. The normalized spacial score (nSPS) is 14.2. The fourth-order valence-corrected chi connectivity index (χ4v) is 2.37. The Morgan fingerprint density at radius 2 is 2.04 bits per heavy atom. The van der Waals surface area contributed by atoms with Crippen molar-refractivity contribution in [3.8, 4) is 0 Å². The highest BCUT2D eigenvalue weighted by atomic mass is 19.1. The van der Waals surface area contributed by atoms with E-state index in [0.717, 1.165) is 0 Å². The molecular weight excluding hydrogens is 303 g/mol. The third-order valence-corrected chi connectivity index (χ3v) is 3.55. The van der Waals surface area contributed by atoms with Gasteiger partial charge in [-0.1, -0.05) is 11.2 Å². The fourth-order valence-electron chi connectivity index (χ4n) is 2.37. The van der Waals surface area contributed by atoms with E-state index in [4.69, 9.17) is 5.53 Å². The van der Waals surface area contributed by atoms with Crippen LogP contribution in [0.3, 0.4) is 0 Å². The molecule has 1 aliphatic heterocycles. The topological polar surface area (TPSA) is 101 Å². The maximum absolute atomic E-state index is 14.1. The predicted molar refractivity (Wildman–Crippen MR) is 82.7 cm³/mol. The fraction of sp³-hybridized carbons (Fsp3) is 0.429. The maximum atomic E-state index is 14.1. The van der Waals surface area contributed by atoms with Crippen LogP contribution in [0.15, 0.2) is 23.3 Å². The number of halogens is 1. The zero-order valence-corrected chi connectivity index (χ0v) is 12.7. The van der Waals surface area contributed by atoms with Crippen LogP contribution in [0.25, 0.3) is 10.4 Å². The summed E-state index contributed by atoms with van der Waals surface area (Å²) in [6.07, 6.45) is 0. The first-order valence-electron chi connectivity index (χ1n) is 7.13. The number of carbonyl (C=O) groups is 2. The Labute approximate surface area is 132 Å². The molecule has 0 atom stereocenters. The third-order valence-electron chi connectivity index (χ3n) is 3.55. The van der Waals surface area contributed by atoms with Gasteiger partial charge < -0.3 is 15.1 Å². The molecule has 0 saturated carbocycles. The van der Waals surface area contributed by atoms with E-state index >= 15 is 0 Å². The first kappa shape index (κ1) is 16.6. The number of benzene rings is 1. The first-order chi connectivity index (χ1) is 11.0. The van der Waals surface area contributed by atoms with Gasteiger partial charge in [0.25, 0.3) is 0 Å². The number of rotatable bonds is 4. The molecule has 2 rings (SSSR count). The molecule has 122 valence electrons. The Balaban J connectivity index is 1.95. The number of carbonyl (C=O) groups excluding carboxylic acids is 2. The predicted octanol–water partition coefficient (Wildman–Crippen LogP) is 1.55.